The second-order valence-electron chi connectivity index (χ2n) is 17.0. The Kier molecular flexibility index (Phi) is 7.35. The van der Waals surface area contributed by atoms with E-state index in [-0.39, 0.29) is 32.8 Å². The van der Waals surface area contributed by atoms with E-state index >= 15 is 0 Å². The molecule has 2 aromatic heterocycles. The molecule has 0 aliphatic heterocycles. The number of aromatic nitrogens is 4. The van der Waals surface area contributed by atoms with Crippen LogP contribution < -0.4 is 11.1 Å². The predicted octanol–water partition coefficient (Wildman–Crippen LogP) is 9.28. The molecule has 260 valence electrons. The minimum Gasteiger partial charge on any atom is -0.284 e. The van der Waals surface area contributed by atoms with Crippen LogP contribution in [-0.4, -0.2) is 18.7 Å². The molecule has 0 spiro atoms. The van der Waals surface area contributed by atoms with Gasteiger partial charge in [-0.15, -0.1) is 0 Å². The topological polar surface area (TPSA) is 53.9 Å². The van der Waals surface area contributed by atoms with E-state index in [1.54, 1.807) is 0 Å². The molecule has 0 saturated heterocycles. The summed E-state index contributed by atoms with van der Waals surface area (Å²) in [5, 5.41) is 0. The molecule has 2 saturated carbocycles. The lowest BCUT2D eigenvalue weighted by atomic mass is 9.70. The Labute approximate surface area is 309 Å². The van der Waals surface area contributed by atoms with Gasteiger partial charge in [-0.1, -0.05) is 89.6 Å². The Bertz CT molecular complexity index is 2330. The Morgan fingerprint density at radius 1 is 0.620 bits per heavy atom. The maximum Gasteiger partial charge on any atom is 0.275 e. The summed E-state index contributed by atoms with van der Waals surface area (Å²) in [5.74, 6) is 0.766. The number of fused-ring (bicyclic) bond motifs is 10. The Morgan fingerprint density at radius 2 is 1.06 bits per heavy atom. The quantitative estimate of drug-likeness (QED) is 0.172. The van der Waals surface area contributed by atoms with Crippen LogP contribution in [0.5, 0.6) is 0 Å². The van der Waals surface area contributed by atoms with Crippen LogP contribution >= 0.6 is 22.6 Å². The summed E-state index contributed by atoms with van der Waals surface area (Å²) < 4.78 is 9.14. The van der Waals surface area contributed by atoms with Crippen molar-refractivity contribution in [3.8, 4) is 22.5 Å². The van der Waals surface area contributed by atoms with E-state index < -0.39 is 0 Å². The average Bonchev–Trinajstić information content (AvgIpc) is 3.75. The van der Waals surface area contributed by atoms with E-state index in [2.05, 4.69) is 142 Å². The first-order valence-electron chi connectivity index (χ1n) is 18.1. The van der Waals surface area contributed by atoms with Gasteiger partial charge in [0.25, 0.3) is 11.1 Å². The number of hydrogen-bond donors (Lipinski definition) is 0. The number of halogens is 1. The molecule has 50 heavy (non-hydrogen) atoms. The van der Waals surface area contributed by atoms with Crippen LogP contribution in [0.15, 0.2) is 82.4 Å². The van der Waals surface area contributed by atoms with Gasteiger partial charge in [-0.25, -0.2) is 9.36 Å². The minimum atomic E-state index is 0.0698. The second kappa shape index (κ2) is 11.0. The molecular formula is C43H49IN4O2. The largest absolute Gasteiger partial charge is 0.284 e. The van der Waals surface area contributed by atoms with Gasteiger partial charge in [0.1, 0.15) is 0 Å². The molecule has 4 aliphatic rings. The van der Waals surface area contributed by atoms with Crippen LogP contribution in [0, 0.1) is 21.3 Å². The van der Waals surface area contributed by atoms with Crippen molar-refractivity contribution >= 4 is 22.6 Å². The van der Waals surface area contributed by atoms with Crippen LogP contribution in [0.4, 0.5) is 0 Å². The molecule has 5 aromatic rings. The monoisotopic (exact) mass is 780 g/mol. The molecule has 2 heterocycles. The Balaban J connectivity index is 0.000000149. The number of aryl methyl sites for hydroxylation is 1. The van der Waals surface area contributed by atoms with Crippen LogP contribution in [0.3, 0.4) is 0 Å². The zero-order valence-corrected chi connectivity index (χ0v) is 33.1. The van der Waals surface area contributed by atoms with Crippen molar-refractivity contribution in [2.75, 3.05) is 0 Å². The molecule has 9 rings (SSSR count). The molecular weight excluding hydrogens is 731 g/mol. The molecule has 4 atom stereocenters. The highest BCUT2D eigenvalue weighted by Gasteiger charge is 2.63. The lowest BCUT2D eigenvalue weighted by molar-refractivity contribution is 0.218. The highest BCUT2D eigenvalue weighted by Crippen LogP contribution is 2.68. The second-order valence-corrected chi connectivity index (χ2v) is 18.2. The van der Waals surface area contributed by atoms with Gasteiger partial charge in [0.2, 0.25) is 0 Å². The van der Waals surface area contributed by atoms with E-state index in [1.165, 1.54) is 28.9 Å². The number of nitrogens with zero attached hydrogens (tertiary/aromatic N) is 4. The first-order valence-corrected chi connectivity index (χ1v) is 19.2. The molecule has 0 radical (unpaired) electrons. The molecule has 0 amide bonds. The van der Waals surface area contributed by atoms with Crippen molar-refractivity contribution in [1.82, 2.24) is 18.7 Å². The lowest BCUT2D eigenvalue weighted by Crippen LogP contribution is -2.35. The van der Waals surface area contributed by atoms with Crippen molar-refractivity contribution in [3.05, 3.63) is 125 Å². The number of benzene rings is 3. The van der Waals surface area contributed by atoms with Crippen molar-refractivity contribution in [3.63, 3.8) is 0 Å². The Morgan fingerprint density at radius 3 is 1.52 bits per heavy atom. The van der Waals surface area contributed by atoms with Crippen molar-refractivity contribution in [2.24, 2.45) is 24.9 Å². The summed E-state index contributed by atoms with van der Waals surface area (Å²) in [6.07, 6.45) is 4.61. The van der Waals surface area contributed by atoms with Gasteiger partial charge in [0.05, 0.1) is 22.8 Å². The maximum atomic E-state index is 13.5. The van der Waals surface area contributed by atoms with Gasteiger partial charge in [-0.3, -0.25) is 19.0 Å². The van der Waals surface area contributed by atoms with Gasteiger partial charge < -0.3 is 0 Å². The van der Waals surface area contributed by atoms with Gasteiger partial charge in [0.15, 0.2) is 0 Å². The van der Waals surface area contributed by atoms with Crippen LogP contribution in [0.25, 0.3) is 22.5 Å². The summed E-state index contributed by atoms with van der Waals surface area (Å²) in [6, 6.07) is 25.0. The number of hydrogen-bond acceptors (Lipinski definition) is 2. The van der Waals surface area contributed by atoms with E-state index in [4.69, 9.17) is 0 Å². The summed E-state index contributed by atoms with van der Waals surface area (Å²) >= 11 is 2.30. The molecule has 4 bridgehead atoms. The fraction of sp³-hybridized carbons (Fsp3) is 0.442. The minimum absolute atomic E-state index is 0.0698. The van der Waals surface area contributed by atoms with Crippen LogP contribution in [0.1, 0.15) is 107 Å². The fourth-order valence-corrected chi connectivity index (χ4v) is 11.4. The van der Waals surface area contributed by atoms with Gasteiger partial charge in [-0.05, 0) is 119 Å². The molecule has 0 unspecified atom stereocenters. The molecule has 4 aliphatic carbocycles. The molecule has 7 heteroatoms. The van der Waals surface area contributed by atoms with Crippen LogP contribution in [-0.2, 0) is 24.9 Å². The van der Waals surface area contributed by atoms with E-state index in [0.29, 0.717) is 11.8 Å². The first-order chi connectivity index (χ1) is 23.5. The van der Waals surface area contributed by atoms with Crippen molar-refractivity contribution < 1.29 is 0 Å². The van der Waals surface area contributed by atoms with Crippen molar-refractivity contribution in [1.29, 1.82) is 0 Å². The van der Waals surface area contributed by atoms with Gasteiger partial charge in [0, 0.05) is 39.6 Å². The highest BCUT2D eigenvalue weighted by molar-refractivity contribution is 14.1. The molecule has 3 aromatic carbocycles. The SMILES string of the molecule is Cc1cccc(-c2cccc(-n3c(=O)c4c(n3C)[C@]3(C)CC[C@H]4C3(C)C)c2)c1.Cn1c2c(c(=O)n1-c1cccc(I)c1)[C@H]1CC[C@]2(C)C1(C)C. The number of rotatable bonds is 3. The summed E-state index contributed by atoms with van der Waals surface area (Å²) in [6.45, 7) is 16.2. The third kappa shape index (κ3) is 4.24. The van der Waals surface area contributed by atoms with Crippen LogP contribution in [0.2, 0.25) is 0 Å². The summed E-state index contributed by atoms with van der Waals surface area (Å²) in [4.78, 5) is 26.7. The summed E-state index contributed by atoms with van der Waals surface area (Å²) in [7, 11) is 4.10. The molecule has 0 N–H and O–H groups in total. The lowest BCUT2D eigenvalue weighted by Gasteiger charge is -2.36. The van der Waals surface area contributed by atoms with E-state index in [1.807, 2.05) is 34.6 Å². The van der Waals surface area contributed by atoms with E-state index in [9.17, 15) is 9.59 Å². The highest BCUT2D eigenvalue weighted by atomic mass is 127. The zero-order chi connectivity index (χ0) is 35.7. The zero-order valence-electron chi connectivity index (χ0n) is 30.9. The third-order valence-corrected chi connectivity index (χ3v) is 15.0. The normalized spacial score (nSPS) is 26.1. The fourth-order valence-electron chi connectivity index (χ4n) is 10.9. The smallest absolute Gasteiger partial charge is 0.275 e. The third-order valence-electron chi connectivity index (χ3n) is 14.3. The average molecular weight is 781 g/mol. The summed E-state index contributed by atoms with van der Waals surface area (Å²) in [5.41, 5.74) is 11.0. The molecule has 2 fully saturated rings. The maximum absolute atomic E-state index is 13.5. The van der Waals surface area contributed by atoms with Crippen molar-refractivity contribution in [2.45, 2.75) is 96.8 Å². The van der Waals surface area contributed by atoms with E-state index in [0.717, 1.165) is 50.9 Å². The van der Waals surface area contributed by atoms with Gasteiger partial charge in [-0.2, -0.15) is 0 Å². The predicted molar refractivity (Wildman–Crippen MR) is 211 cm³/mol. The Hall–Kier alpha value is -3.59. The molecule has 6 nitrogen and oxygen atoms in total. The standard InChI is InChI=1S/C25H28N2O.C18H21IN2O/c1-16-8-6-9-17(14-16)18-10-7-11-19(15-18)27-23(28)21-20-12-13-25(4,24(20,2)3)22(21)26(27)5;1-17(2)13-8-9-18(17,3)15-14(13)16(22)21(20(15)4)12-7-5-6-11(19)10-12/h6-11,14-15,20H,12-13H2,1-5H3;5-7,10,13H,8-9H2,1-4H3/t20-,25+;13-,18+/m11/s1. The van der Waals surface area contributed by atoms with Gasteiger partial charge >= 0.3 is 0 Å². The first kappa shape index (κ1) is 33.5.